The Morgan fingerprint density at radius 1 is 0.857 bits per heavy atom. The van der Waals surface area contributed by atoms with Crippen LogP contribution in [-0.4, -0.2) is 37.6 Å². The first-order valence-corrected chi connectivity index (χ1v) is 9.30. The molecule has 1 amide bonds. The van der Waals surface area contributed by atoms with Crippen LogP contribution in [-0.2, 0) is 30.3 Å². The number of hydrogen-bond acceptors (Lipinski definition) is 5. The van der Waals surface area contributed by atoms with Gasteiger partial charge < -0.3 is 14.8 Å². The predicted molar refractivity (Wildman–Crippen MR) is 105 cm³/mol. The topological polar surface area (TPSA) is 81.7 Å². The van der Waals surface area contributed by atoms with Gasteiger partial charge in [0, 0.05) is 13.0 Å². The van der Waals surface area contributed by atoms with Crippen molar-refractivity contribution < 1.29 is 23.9 Å². The van der Waals surface area contributed by atoms with Gasteiger partial charge in [0.2, 0.25) is 0 Å². The fourth-order valence-electron chi connectivity index (χ4n) is 2.55. The summed E-state index contributed by atoms with van der Waals surface area (Å²) in [5.74, 6) is -1.15. The van der Waals surface area contributed by atoms with Gasteiger partial charge in [-0.15, -0.1) is 0 Å². The molecule has 2 rings (SSSR count). The lowest BCUT2D eigenvalue weighted by Gasteiger charge is -2.07. The first-order valence-electron chi connectivity index (χ1n) is 9.30. The van der Waals surface area contributed by atoms with Crippen LogP contribution in [0.25, 0.3) is 11.1 Å². The van der Waals surface area contributed by atoms with Crippen LogP contribution >= 0.6 is 0 Å². The summed E-state index contributed by atoms with van der Waals surface area (Å²) in [5.41, 5.74) is 3.00. The highest BCUT2D eigenvalue weighted by Gasteiger charge is 2.09. The van der Waals surface area contributed by atoms with Gasteiger partial charge in [-0.05, 0) is 30.0 Å². The molecule has 6 heteroatoms. The molecule has 0 heterocycles. The molecule has 0 saturated carbocycles. The van der Waals surface area contributed by atoms with Gasteiger partial charge in [-0.3, -0.25) is 14.4 Å². The van der Waals surface area contributed by atoms with E-state index in [4.69, 9.17) is 9.47 Å². The van der Waals surface area contributed by atoms with Crippen LogP contribution in [0.3, 0.4) is 0 Å². The molecule has 0 radical (unpaired) electrons. The summed E-state index contributed by atoms with van der Waals surface area (Å²) in [6.45, 7) is 2.08. The molecule has 6 nitrogen and oxygen atoms in total. The fourth-order valence-corrected chi connectivity index (χ4v) is 2.55. The van der Waals surface area contributed by atoms with Gasteiger partial charge >= 0.3 is 11.9 Å². The Morgan fingerprint density at radius 3 is 2.21 bits per heavy atom. The van der Waals surface area contributed by atoms with Crippen LogP contribution in [0.15, 0.2) is 54.6 Å². The normalized spacial score (nSPS) is 10.2. The third-order valence-corrected chi connectivity index (χ3v) is 3.96. The van der Waals surface area contributed by atoms with Crippen molar-refractivity contribution in [1.82, 2.24) is 5.32 Å². The molecular formula is C22H25NO5. The maximum atomic E-state index is 11.9. The van der Waals surface area contributed by atoms with E-state index < -0.39 is 11.9 Å². The van der Waals surface area contributed by atoms with Crippen molar-refractivity contribution in [3.8, 4) is 11.1 Å². The van der Waals surface area contributed by atoms with Gasteiger partial charge in [-0.25, -0.2) is 0 Å². The SMILES string of the molecule is CCOC(=O)CCCNC(=O)COC(=O)Cc1ccc(-c2ccccc2)cc1. The molecule has 1 N–H and O–H groups in total. The maximum absolute atomic E-state index is 11.9. The Morgan fingerprint density at radius 2 is 1.54 bits per heavy atom. The Bertz CT molecular complexity index is 771. The van der Waals surface area contributed by atoms with Gasteiger partial charge in [0.1, 0.15) is 0 Å². The molecule has 0 aromatic heterocycles. The minimum absolute atomic E-state index is 0.102. The monoisotopic (exact) mass is 383 g/mol. The summed E-state index contributed by atoms with van der Waals surface area (Å²) >= 11 is 0. The maximum Gasteiger partial charge on any atom is 0.310 e. The van der Waals surface area contributed by atoms with Crippen LogP contribution in [0.4, 0.5) is 0 Å². The largest absolute Gasteiger partial charge is 0.466 e. The van der Waals surface area contributed by atoms with Gasteiger partial charge in [0.15, 0.2) is 6.61 Å². The summed E-state index contributed by atoms with van der Waals surface area (Å²) in [5, 5.41) is 2.60. The van der Waals surface area contributed by atoms with E-state index >= 15 is 0 Å². The summed E-state index contributed by atoms with van der Waals surface area (Å²) < 4.78 is 9.79. The van der Waals surface area contributed by atoms with Gasteiger partial charge in [0.25, 0.3) is 5.91 Å². The van der Waals surface area contributed by atoms with Crippen molar-refractivity contribution in [3.63, 3.8) is 0 Å². The molecule has 0 bridgehead atoms. The average Bonchev–Trinajstić information content (AvgIpc) is 2.71. The summed E-state index contributed by atoms with van der Waals surface area (Å²) in [6.07, 6.45) is 0.824. The van der Waals surface area contributed by atoms with Crippen molar-refractivity contribution in [2.45, 2.75) is 26.2 Å². The van der Waals surface area contributed by atoms with Crippen molar-refractivity contribution in [2.24, 2.45) is 0 Å². The first kappa shape index (κ1) is 21.2. The molecule has 0 atom stereocenters. The molecule has 148 valence electrons. The van der Waals surface area contributed by atoms with Gasteiger partial charge in [-0.2, -0.15) is 0 Å². The molecular weight excluding hydrogens is 358 g/mol. The molecule has 0 spiro atoms. The van der Waals surface area contributed by atoms with Crippen molar-refractivity contribution in [2.75, 3.05) is 19.8 Å². The third-order valence-electron chi connectivity index (χ3n) is 3.96. The van der Waals surface area contributed by atoms with E-state index in [1.165, 1.54) is 0 Å². The molecule has 0 fully saturated rings. The molecule has 0 aliphatic heterocycles. The van der Waals surface area contributed by atoms with E-state index in [9.17, 15) is 14.4 Å². The molecule has 0 unspecified atom stereocenters. The lowest BCUT2D eigenvalue weighted by molar-refractivity contribution is -0.147. The number of hydrogen-bond donors (Lipinski definition) is 1. The predicted octanol–water partition coefficient (Wildman–Crippen LogP) is 2.90. The fraction of sp³-hybridized carbons (Fsp3) is 0.318. The molecule has 0 aliphatic rings. The second kappa shape index (κ2) is 11.5. The number of esters is 2. The standard InChI is InChI=1S/C22H25NO5/c1-2-27-21(25)9-6-14-23-20(24)16-28-22(26)15-17-10-12-19(13-11-17)18-7-4-3-5-8-18/h3-5,7-8,10-13H,2,6,9,14-16H2,1H3,(H,23,24). The number of benzene rings is 2. The van der Waals surface area contributed by atoms with E-state index in [0.717, 1.165) is 16.7 Å². The zero-order chi connectivity index (χ0) is 20.2. The van der Waals surface area contributed by atoms with E-state index in [-0.39, 0.29) is 25.4 Å². The first-order chi connectivity index (χ1) is 13.6. The highest BCUT2D eigenvalue weighted by Crippen LogP contribution is 2.19. The highest BCUT2D eigenvalue weighted by molar-refractivity contribution is 5.81. The molecule has 0 aliphatic carbocycles. The summed E-state index contributed by atoms with van der Waals surface area (Å²) in [7, 11) is 0. The van der Waals surface area contributed by atoms with Gasteiger partial charge in [0.05, 0.1) is 13.0 Å². The van der Waals surface area contributed by atoms with Crippen molar-refractivity contribution >= 4 is 17.8 Å². The number of carbonyl (C=O) groups excluding carboxylic acids is 3. The summed E-state index contributed by atoms with van der Waals surface area (Å²) in [6, 6.07) is 17.6. The highest BCUT2D eigenvalue weighted by atomic mass is 16.5. The summed E-state index contributed by atoms with van der Waals surface area (Å²) in [4.78, 5) is 34.7. The van der Waals surface area contributed by atoms with Crippen molar-refractivity contribution in [3.05, 3.63) is 60.2 Å². The Balaban J connectivity index is 1.66. The van der Waals surface area contributed by atoms with Crippen LogP contribution < -0.4 is 5.32 Å². The minimum Gasteiger partial charge on any atom is -0.466 e. The lowest BCUT2D eigenvalue weighted by Crippen LogP contribution is -2.30. The van der Waals surface area contributed by atoms with Crippen LogP contribution in [0.2, 0.25) is 0 Å². The minimum atomic E-state index is -0.464. The van der Waals surface area contributed by atoms with E-state index in [1.54, 1.807) is 6.92 Å². The average molecular weight is 383 g/mol. The molecule has 0 saturated heterocycles. The molecule has 2 aromatic rings. The van der Waals surface area contributed by atoms with Gasteiger partial charge in [-0.1, -0.05) is 54.6 Å². The third kappa shape index (κ3) is 7.61. The number of carbonyl (C=O) groups is 3. The zero-order valence-electron chi connectivity index (χ0n) is 16.0. The van der Waals surface area contributed by atoms with E-state index in [0.29, 0.717) is 19.6 Å². The van der Waals surface area contributed by atoms with Crippen molar-refractivity contribution in [1.29, 1.82) is 0 Å². The second-order valence-electron chi connectivity index (χ2n) is 6.16. The van der Waals surface area contributed by atoms with Crippen LogP contribution in [0.5, 0.6) is 0 Å². The van der Waals surface area contributed by atoms with E-state index in [2.05, 4.69) is 5.32 Å². The Hall–Kier alpha value is -3.15. The van der Waals surface area contributed by atoms with Crippen LogP contribution in [0, 0.1) is 0 Å². The number of amides is 1. The Labute approximate surface area is 164 Å². The lowest BCUT2D eigenvalue weighted by atomic mass is 10.0. The number of nitrogens with one attached hydrogen (secondary N) is 1. The van der Waals surface area contributed by atoms with E-state index in [1.807, 2.05) is 54.6 Å². The smallest absolute Gasteiger partial charge is 0.310 e. The molecule has 28 heavy (non-hydrogen) atoms. The number of rotatable bonds is 10. The van der Waals surface area contributed by atoms with Crippen LogP contribution in [0.1, 0.15) is 25.3 Å². The molecule has 2 aromatic carbocycles. The number of ether oxygens (including phenoxy) is 2. The zero-order valence-corrected chi connectivity index (χ0v) is 16.0. The Kier molecular flexibility index (Phi) is 8.72. The second-order valence-corrected chi connectivity index (χ2v) is 6.16. The quantitative estimate of drug-likeness (QED) is 0.504.